The Bertz CT molecular complexity index is 133. The summed E-state index contributed by atoms with van der Waals surface area (Å²) in [6, 6.07) is 0. The third kappa shape index (κ3) is 2.48. The molecule has 1 saturated carbocycles. The molecule has 0 aliphatic heterocycles. The molecule has 12 heavy (non-hydrogen) atoms. The lowest BCUT2D eigenvalue weighted by atomic mass is 9.90. The fourth-order valence-corrected chi connectivity index (χ4v) is 2.37. The Morgan fingerprint density at radius 3 is 2.67 bits per heavy atom. The van der Waals surface area contributed by atoms with Gasteiger partial charge in [-0.25, -0.2) is 0 Å². The molecule has 72 valence electrons. The second-order valence-corrected chi connectivity index (χ2v) is 4.48. The molecule has 0 aromatic carbocycles. The van der Waals surface area contributed by atoms with E-state index in [9.17, 15) is 0 Å². The Morgan fingerprint density at radius 1 is 1.42 bits per heavy atom. The van der Waals surface area contributed by atoms with Crippen LogP contribution in [-0.2, 0) is 0 Å². The highest BCUT2D eigenvalue weighted by Crippen LogP contribution is 2.37. The molecular formula is C11H23N. The molecule has 2 N–H and O–H groups in total. The molecule has 1 rings (SSSR count). The summed E-state index contributed by atoms with van der Waals surface area (Å²) in [5.74, 6) is 0.923. The molecule has 1 fully saturated rings. The van der Waals surface area contributed by atoms with E-state index in [2.05, 4.69) is 13.8 Å². The normalized spacial score (nSPS) is 35.8. The van der Waals surface area contributed by atoms with E-state index in [4.69, 9.17) is 5.73 Å². The van der Waals surface area contributed by atoms with Gasteiger partial charge in [0.05, 0.1) is 0 Å². The van der Waals surface area contributed by atoms with Crippen molar-refractivity contribution >= 4 is 0 Å². The number of hydrogen-bond acceptors (Lipinski definition) is 1. The zero-order valence-electron chi connectivity index (χ0n) is 8.60. The SMILES string of the molecule is CCCCC1(N)CCC(CC)C1. The predicted molar refractivity (Wildman–Crippen MR) is 54.1 cm³/mol. The maximum atomic E-state index is 6.31. The van der Waals surface area contributed by atoms with Gasteiger partial charge in [-0.1, -0.05) is 33.1 Å². The molecule has 2 atom stereocenters. The van der Waals surface area contributed by atoms with Crippen molar-refractivity contribution in [1.29, 1.82) is 0 Å². The molecule has 1 heteroatoms. The average molecular weight is 169 g/mol. The van der Waals surface area contributed by atoms with Gasteiger partial charge < -0.3 is 5.73 Å². The van der Waals surface area contributed by atoms with Crippen LogP contribution in [0.15, 0.2) is 0 Å². The summed E-state index contributed by atoms with van der Waals surface area (Å²) in [5, 5.41) is 0. The summed E-state index contributed by atoms with van der Waals surface area (Å²) in [6.07, 6.45) is 9.10. The van der Waals surface area contributed by atoms with Gasteiger partial charge in [-0.2, -0.15) is 0 Å². The number of nitrogens with two attached hydrogens (primary N) is 1. The fraction of sp³-hybridized carbons (Fsp3) is 1.00. The third-order valence-corrected chi connectivity index (χ3v) is 3.35. The lowest BCUT2D eigenvalue weighted by molar-refractivity contribution is 0.371. The third-order valence-electron chi connectivity index (χ3n) is 3.35. The predicted octanol–water partition coefficient (Wildman–Crippen LogP) is 3.08. The molecule has 1 nitrogen and oxygen atoms in total. The Labute approximate surface area is 76.7 Å². The summed E-state index contributed by atoms with van der Waals surface area (Å²) in [4.78, 5) is 0. The maximum Gasteiger partial charge on any atom is 0.0157 e. The van der Waals surface area contributed by atoms with Crippen LogP contribution in [0.2, 0.25) is 0 Å². The summed E-state index contributed by atoms with van der Waals surface area (Å²) >= 11 is 0. The molecule has 0 bridgehead atoms. The van der Waals surface area contributed by atoms with E-state index in [1.165, 1.54) is 44.9 Å². The fourth-order valence-electron chi connectivity index (χ4n) is 2.37. The van der Waals surface area contributed by atoms with Crippen LogP contribution < -0.4 is 5.73 Å². The van der Waals surface area contributed by atoms with Crippen LogP contribution in [0.5, 0.6) is 0 Å². The van der Waals surface area contributed by atoms with Crippen molar-refractivity contribution in [3.63, 3.8) is 0 Å². The molecule has 1 aliphatic carbocycles. The summed E-state index contributed by atoms with van der Waals surface area (Å²) in [5.41, 5.74) is 6.53. The van der Waals surface area contributed by atoms with E-state index >= 15 is 0 Å². The van der Waals surface area contributed by atoms with E-state index in [-0.39, 0.29) is 5.54 Å². The van der Waals surface area contributed by atoms with Gasteiger partial charge in [0.15, 0.2) is 0 Å². The van der Waals surface area contributed by atoms with Gasteiger partial charge in [0, 0.05) is 5.54 Å². The summed E-state index contributed by atoms with van der Waals surface area (Å²) < 4.78 is 0. The maximum absolute atomic E-state index is 6.31. The van der Waals surface area contributed by atoms with Crippen LogP contribution in [-0.4, -0.2) is 5.54 Å². The molecule has 1 aliphatic rings. The Kier molecular flexibility index (Phi) is 3.57. The van der Waals surface area contributed by atoms with Gasteiger partial charge in [-0.15, -0.1) is 0 Å². The van der Waals surface area contributed by atoms with Crippen LogP contribution in [0.3, 0.4) is 0 Å². The molecule has 0 spiro atoms. The Balaban J connectivity index is 2.31. The highest BCUT2D eigenvalue weighted by Gasteiger charge is 2.33. The lowest BCUT2D eigenvalue weighted by Gasteiger charge is -2.23. The van der Waals surface area contributed by atoms with Gasteiger partial charge in [0.1, 0.15) is 0 Å². The van der Waals surface area contributed by atoms with Gasteiger partial charge in [0.25, 0.3) is 0 Å². The number of unbranched alkanes of at least 4 members (excludes halogenated alkanes) is 1. The van der Waals surface area contributed by atoms with Crippen molar-refractivity contribution in [2.24, 2.45) is 11.7 Å². The van der Waals surface area contributed by atoms with Gasteiger partial charge in [-0.3, -0.25) is 0 Å². The molecule has 0 saturated heterocycles. The van der Waals surface area contributed by atoms with Crippen molar-refractivity contribution in [3.05, 3.63) is 0 Å². The van der Waals surface area contributed by atoms with E-state index in [0.717, 1.165) is 5.92 Å². The minimum absolute atomic E-state index is 0.219. The monoisotopic (exact) mass is 169 g/mol. The Morgan fingerprint density at radius 2 is 2.17 bits per heavy atom. The van der Waals surface area contributed by atoms with Crippen molar-refractivity contribution in [2.75, 3.05) is 0 Å². The highest BCUT2D eigenvalue weighted by molar-refractivity contribution is 4.92. The largest absolute Gasteiger partial charge is 0.325 e. The van der Waals surface area contributed by atoms with Crippen LogP contribution in [0.4, 0.5) is 0 Å². The molecule has 0 aromatic rings. The molecule has 0 aromatic heterocycles. The summed E-state index contributed by atoms with van der Waals surface area (Å²) in [6.45, 7) is 4.53. The van der Waals surface area contributed by atoms with Crippen molar-refractivity contribution in [3.8, 4) is 0 Å². The molecule has 0 radical (unpaired) electrons. The minimum atomic E-state index is 0.219. The van der Waals surface area contributed by atoms with E-state index in [1.807, 2.05) is 0 Å². The number of hydrogen-bond donors (Lipinski definition) is 1. The first-order valence-electron chi connectivity index (χ1n) is 5.49. The van der Waals surface area contributed by atoms with Crippen LogP contribution >= 0.6 is 0 Å². The van der Waals surface area contributed by atoms with Gasteiger partial charge in [0.2, 0.25) is 0 Å². The Hall–Kier alpha value is -0.0400. The smallest absolute Gasteiger partial charge is 0.0157 e. The van der Waals surface area contributed by atoms with Gasteiger partial charge in [-0.05, 0) is 31.6 Å². The van der Waals surface area contributed by atoms with E-state index in [0.29, 0.717) is 0 Å². The zero-order chi connectivity index (χ0) is 9.03. The first kappa shape index (κ1) is 10.0. The summed E-state index contributed by atoms with van der Waals surface area (Å²) in [7, 11) is 0. The first-order chi connectivity index (χ1) is 5.70. The van der Waals surface area contributed by atoms with Crippen LogP contribution in [0.1, 0.15) is 58.8 Å². The van der Waals surface area contributed by atoms with Crippen molar-refractivity contribution in [1.82, 2.24) is 0 Å². The van der Waals surface area contributed by atoms with E-state index in [1.54, 1.807) is 0 Å². The second kappa shape index (κ2) is 4.27. The lowest BCUT2D eigenvalue weighted by Crippen LogP contribution is -2.36. The molecule has 0 heterocycles. The molecular weight excluding hydrogens is 146 g/mol. The van der Waals surface area contributed by atoms with Crippen molar-refractivity contribution < 1.29 is 0 Å². The quantitative estimate of drug-likeness (QED) is 0.687. The second-order valence-electron chi connectivity index (χ2n) is 4.48. The molecule has 2 unspecified atom stereocenters. The van der Waals surface area contributed by atoms with Gasteiger partial charge >= 0.3 is 0 Å². The zero-order valence-corrected chi connectivity index (χ0v) is 8.60. The average Bonchev–Trinajstić information content (AvgIpc) is 2.45. The number of rotatable bonds is 4. The first-order valence-corrected chi connectivity index (χ1v) is 5.49. The standard InChI is InChI=1S/C11H23N/c1-3-5-7-11(12)8-6-10(4-2)9-11/h10H,3-9,12H2,1-2H3. The highest BCUT2D eigenvalue weighted by atomic mass is 14.8. The van der Waals surface area contributed by atoms with E-state index < -0.39 is 0 Å². The topological polar surface area (TPSA) is 26.0 Å². The minimum Gasteiger partial charge on any atom is -0.325 e. The van der Waals surface area contributed by atoms with Crippen LogP contribution in [0.25, 0.3) is 0 Å². The van der Waals surface area contributed by atoms with Crippen LogP contribution in [0, 0.1) is 5.92 Å². The molecule has 0 amide bonds. The van der Waals surface area contributed by atoms with Crippen molar-refractivity contribution in [2.45, 2.75) is 64.3 Å².